The average Bonchev–Trinajstić information content (AvgIpc) is 3.49. The quantitative estimate of drug-likeness (QED) is 0.464. The molecule has 0 saturated carbocycles. The number of benzene rings is 1. The molecule has 1 aliphatic heterocycles. The van der Waals surface area contributed by atoms with E-state index in [0.29, 0.717) is 29.9 Å². The number of rotatable bonds is 10. The van der Waals surface area contributed by atoms with Crippen molar-refractivity contribution < 1.29 is 18.7 Å². The molecule has 4 rings (SSSR count). The molecule has 10 heteroatoms. The zero-order valence-corrected chi connectivity index (χ0v) is 18.8. The summed E-state index contributed by atoms with van der Waals surface area (Å²) in [6.07, 6.45) is 1.60. The van der Waals surface area contributed by atoms with Crippen LogP contribution < -0.4 is 10.1 Å². The molecular weight excluding hydrogens is 430 g/mol. The summed E-state index contributed by atoms with van der Waals surface area (Å²) in [6.45, 7) is 7.31. The van der Waals surface area contributed by atoms with Crippen LogP contribution in [0, 0.1) is 0 Å². The van der Waals surface area contributed by atoms with Gasteiger partial charge in [-0.3, -0.25) is 14.3 Å². The van der Waals surface area contributed by atoms with E-state index in [0.717, 1.165) is 44.3 Å². The smallest absolute Gasteiger partial charge is 0.230 e. The van der Waals surface area contributed by atoms with E-state index in [-0.39, 0.29) is 11.7 Å². The van der Waals surface area contributed by atoms with Crippen LogP contribution >= 0.6 is 11.8 Å². The molecule has 9 nitrogen and oxygen atoms in total. The molecular formula is C22H27N5O4S. The molecule has 3 heterocycles. The minimum absolute atomic E-state index is 0.0379. The minimum atomic E-state index is -0.0379. The lowest BCUT2D eigenvalue weighted by molar-refractivity contribution is -0.118. The number of amides is 1. The number of morpholine rings is 1. The second kappa shape index (κ2) is 11.2. The fourth-order valence-electron chi connectivity index (χ4n) is 3.38. The highest BCUT2D eigenvalue weighted by Gasteiger charge is 2.19. The fraction of sp³-hybridized carbons (Fsp3) is 0.409. The van der Waals surface area contributed by atoms with E-state index < -0.39 is 0 Å². The van der Waals surface area contributed by atoms with Gasteiger partial charge in [0.05, 0.1) is 37.5 Å². The molecule has 0 atom stereocenters. The van der Waals surface area contributed by atoms with Crippen molar-refractivity contribution in [1.29, 1.82) is 0 Å². The Hall–Kier alpha value is -2.82. The van der Waals surface area contributed by atoms with Crippen molar-refractivity contribution in [3.63, 3.8) is 0 Å². The van der Waals surface area contributed by atoms with Gasteiger partial charge in [-0.1, -0.05) is 11.8 Å². The Morgan fingerprint density at radius 2 is 2.00 bits per heavy atom. The molecule has 1 aliphatic rings. The number of thioether (sulfide) groups is 1. The molecule has 0 bridgehead atoms. The van der Waals surface area contributed by atoms with Crippen molar-refractivity contribution in [2.45, 2.75) is 12.1 Å². The molecule has 32 heavy (non-hydrogen) atoms. The Morgan fingerprint density at radius 3 is 2.72 bits per heavy atom. The first-order valence-corrected chi connectivity index (χ1v) is 11.7. The number of carbonyl (C=O) groups excluding carboxylic acids is 1. The predicted octanol–water partition coefficient (Wildman–Crippen LogP) is 2.47. The maximum absolute atomic E-state index is 12.4. The van der Waals surface area contributed by atoms with Crippen LogP contribution in [0.3, 0.4) is 0 Å². The number of carbonyl (C=O) groups is 1. The minimum Gasteiger partial charge on any atom is -0.494 e. The number of hydrogen-bond donors (Lipinski definition) is 1. The van der Waals surface area contributed by atoms with Crippen LogP contribution in [-0.2, 0) is 9.53 Å². The number of aromatic nitrogens is 3. The van der Waals surface area contributed by atoms with Crippen LogP contribution in [0.4, 0.5) is 0 Å². The van der Waals surface area contributed by atoms with Crippen molar-refractivity contribution >= 4 is 17.7 Å². The predicted molar refractivity (Wildman–Crippen MR) is 121 cm³/mol. The zero-order chi connectivity index (χ0) is 22.2. The Bertz CT molecular complexity index is 984. The lowest BCUT2D eigenvalue weighted by Crippen LogP contribution is -2.41. The summed E-state index contributed by atoms with van der Waals surface area (Å²) in [5.41, 5.74) is 0.861. The maximum atomic E-state index is 12.4. The number of nitrogens with one attached hydrogen (secondary N) is 1. The van der Waals surface area contributed by atoms with Gasteiger partial charge in [-0.2, -0.15) is 0 Å². The van der Waals surface area contributed by atoms with Crippen LogP contribution in [0.1, 0.15) is 6.92 Å². The Kier molecular flexibility index (Phi) is 7.81. The van der Waals surface area contributed by atoms with Crippen LogP contribution in [0.2, 0.25) is 0 Å². The third-order valence-corrected chi connectivity index (χ3v) is 5.90. The largest absolute Gasteiger partial charge is 0.494 e. The first-order chi connectivity index (χ1) is 15.7. The highest BCUT2D eigenvalue weighted by atomic mass is 32.2. The second-order valence-corrected chi connectivity index (χ2v) is 8.08. The summed E-state index contributed by atoms with van der Waals surface area (Å²) < 4.78 is 18.3. The van der Waals surface area contributed by atoms with E-state index in [2.05, 4.69) is 20.4 Å². The van der Waals surface area contributed by atoms with Gasteiger partial charge in [-0.15, -0.1) is 10.2 Å². The summed E-state index contributed by atoms with van der Waals surface area (Å²) in [5, 5.41) is 12.2. The van der Waals surface area contributed by atoms with Gasteiger partial charge in [0, 0.05) is 26.2 Å². The van der Waals surface area contributed by atoms with Gasteiger partial charge < -0.3 is 19.2 Å². The van der Waals surface area contributed by atoms with Crippen LogP contribution in [-0.4, -0.2) is 77.3 Å². The standard InChI is InChI=1S/C22H27N5O4S/c1-2-30-18-7-5-17(6-8-18)27-21(19-4-3-13-31-19)24-25-22(27)32-16-20(28)23-9-10-26-11-14-29-15-12-26/h3-8,13H,2,9-12,14-16H2,1H3,(H,23,28). The van der Waals surface area contributed by atoms with Gasteiger partial charge in [0.2, 0.25) is 11.7 Å². The molecule has 1 saturated heterocycles. The van der Waals surface area contributed by atoms with Gasteiger partial charge >= 0.3 is 0 Å². The Labute approximate surface area is 191 Å². The molecule has 0 unspecified atom stereocenters. The monoisotopic (exact) mass is 457 g/mol. The van der Waals surface area contributed by atoms with Crippen molar-refractivity contribution in [3.8, 4) is 23.0 Å². The molecule has 0 aliphatic carbocycles. The second-order valence-electron chi connectivity index (χ2n) is 7.14. The summed E-state index contributed by atoms with van der Waals surface area (Å²) in [5.74, 6) is 2.18. The van der Waals surface area contributed by atoms with E-state index in [4.69, 9.17) is 13.9 Å². The van der Waals surface area contributed by atoms with Crippen molar-refractivity contribution in [1.82, 2.24) is 25.0 Å². The molecule has 1 fully saturated rings. The zero-order valence-electron chi connectivity index (χ0n) is 18.0. The number of furan rings is 1. The molecule has 1 aromatic carbocycles. The van der Waals surface area contributed by atoms with E-state index >= 15 is 0 Å². The van der Waals surface area contributed by atoms with Gasteiger partial charge in [0.15, 0.2) is 10.9 Å². The Morgan fingerprint density at radius 1 is 1.19 bits per heavy atom. The molecule has 0 spiro atoms. The summed E-state index contributed by atoms with van der Waals surface area (Å²) >= 11 is 1.34. The fourth-order valence-corrected chi connectivity index (χ4v) is 4.16. The lowest BCUT2D eigenvalue weighted by atomic mass is 10.3. The summed E-state index contributed by atoms with van der Waals surface area (Å²) in [6, 6.07) is 11.3. The van der Waals surface area contributed by atoms with Crippen LogP contribution in [0.25, 0.3) is 17.3 Å². The van der Waals surface area contributed by atoms with Crippen LogP contribution in [0.5, 0.6) is 5.75 Å². The highest BCUT2D eigenvalue weighted by molar-refractivity contribution is 7.99. The lowest BCUT2D eigenvalue weighted by Gasteiger charge is -2.26. The normalized spacial score (nSPS) is 14.4. The highest BCUT2D eigenvalue weighted by Crippen LogP contribution is 2.29. The van der Waals surface area contributed by atoms with Crippen molar-refractivity contribution in [2.75, 3.05) is 51.8 Å². The SMILES string of the molecule is CCOc1ccc(-n2c(SCC(=O)NCCN3CCOCC3)nnc2-c2ccco2)cc1. The summed E-state index contributed by atoms with van der Waals surface area (Å²) in [4.78, 5) is 14.7. The number of hydrogen-bond acceptors (Lipinski definition) is 8. The molecule has 2 aromatic heterocycles. The Balaban J connectivity index is 1.42. The van der Waals surface area contributed by atoms with Gasteiger partial charge in [0.1, 0.15) is 5.75 Å². The first-order valence-electron chi connectivity index (χ1n) is 10.7. The van der Waals surface area contributed by atoms with E-state index in [1.807, 2.05) is 41.8 Å². The number of nitrogens with zero attached hydrogens (tertiary/aromatic N) is 4. The third-order valence-electron chi connectivity index (χ3n) is 4.97. The molecule has 3 aromatic rings. The third kappa shape index (κ3) is 5.70. The van der Waals surface area contributed by atoms with Crippen molar-refractivity contribution in [3.05, 3.63) is 42.7 Å². The van der Waals surface area contributed by atoms with Gasteiger partial charge in [0.25, 0.3) is 0 Å². The van der Waals surface area contributed by atoms with Crippen LogP contribution in [0.15, 0.2) is 52.2 Å². The van der Waals surface area contributed by atoms with Gasteiger partial charge in [-0.05, 0) is 43.3 Å². The summed E-state index contributed by atoms with van der Waals surface area (Å²) in [7, 11) is 0. The average molecular weight is 458 g/mol. The number of ether oxygens (including phenoxy) is 2. The van der Waals surface area contributed by atoms with E-state index in [9.17, 15) is 4.79 Å². The maximum Gasteiger partial charge on any atom is 0.230 e. The molecule has 1 amide bonds. The van der Waals surface area contributed by atoms with E-state index in [1.54, 1.807) is 12.3 Å². The first kappa shape index (κ1) is 22.4. The van der Waals surface area contributed by atoms with Crippen molar-refractivity contribution in [2.24, 2.45) is 0 Å². The van der Waals surface area contributed by atoms with Gasteiger partial charge in [-0.25, -0.2) is 0 Å². The topological polar surface area (TPSA) is 94.7 Å². The van der Waals surface area contributed by atoms with E-state index in [1.165, 1.54) is 11.8 Å². The molecule has 170 valence electrons. The molecule has 0 radical (unpaired) electrons. The molecule has 1 N–H and O–H groups in total.